The Balaban J connectivity index is 1.94. The summed E-state index contributed by atoms with van der Waals surface area (Å²) in [5.41, 5.74) is -0.900. The fourth-order valence-electron chi connectivity index (χ4n) is 3.19. The molecular formula is C15H23N5O3. The second-order valence-corrected chi connectivity index (χ2v) is 5.90. The fraction of sp³-hybridized carbons (Fsp3) is 0.733. The minimum absolute atomic E-state index is 0.0823. The van der Waals surface area contributed by atoms with E-state index in [-0.39, 0.29) is 18.4 Å². The van der Waals surface area contributed by atoms with E-state index in [9.17, 15) is 14.4 Å². The van der Waals surface area contributed by atoms with Crippen LogP contribution in [0, 0.1) is 11.3 Å². The van der Waals surface area contributed by atoms with Gasteiger partial charge in [0.1, 0.15) is 12.1 Å². The Morgan fingerprint density at radius 1 is 1.30 bits per heavy atom. The Morgan fingerprint density at radius 2 is 1.91 bits per heavy atom. The molecule has 2 aliphatic heterocycles. The molecule has 0 atom stereocenters. The van der Waals surface area contributed by atoms with E-state index in [1.807, 2.05) is 24.8 Å². The topological polar surface area (TPSA) is 96.8 Å². The summed E-state index contributed by atoms with van der Waals surface area (Å²) >= 11 is 0. The molecular weight excluding hydrogens is 298 g/mol. The standard InChI is InChI=1S/C15H23N5O3/c1-3-19(4-2)12(21)11-18-8-5-15(6-9-18)13(22)20(10-7-16)14(23)17-15/h3-6,8-11H2,1-2H3,(H,17,23). The van der Waals surface area contributed by atoms with Crippen molar-refractivity contribution in [2.24, 2.45) is 0 Å². The van der Waals surface area contributed by atoms with Gasteiger partial charge in [0.25, 0.3) is 5.91 Å². The Morgan fingerprint density at radius 3 is 2.43 bits per heavy atom. The molecule has 0 unspecified atom stereocenters. The number of nitrogens with zero attached hydrogens (tertiary/aromatic N) is 4. The lowest BCUT2D eigenvalue weighted by atomic mass is 9.87. The number of hydrogen-bond acceptors (Lipinski definition) is 5. The van der Waals surface area contributed by atoms with Crippen molar-refractivity contribution >= 4 is 17.8 Å². The van der Waals surface area contributed by atoms with E-state index < -0.39 is 11.6 Å². The third kappa shape index (κ3) is 3.29. The van der Waals surface area contributed by atoms with Crippen molar-refractivity contribution in [3.05, 3.63) is 0 Å². The first-order valence-corrected chi connectivity index (χ1v) is 7.98. The molecule has 23 heavy (non-hydrogen) atoms. The van der Waals surface area contributed by atoms with Crippen LogP contribution in [-0.2, 0) is 9.59 Å². The zero-order chi connectivity index (χ0) is 17.0. The predicted octanol–water partition coefficient (Wildman–Crippen LogP) is -0.235. The zero-order valence-electron chi connectivity index (χ0n) is 13.7. The van der Waals surface area contributed by atoms with Gasteiger partial charge >= 0.3 is 6.03 Å². The molecule has 2 heterocycles. The minimum Gasteiger partial charge on any atom is -0.342 e. The zero-order valence-corrected chi connectivity index (χ0v) is 13.7. The first-order chi connectivity index (χ1) is 11.0. The Labute approximate surface area is 136 Å². The number of carbonyl (C=O) groups is 3. The molecule has 0 aromatic rings. The van der Waals surface area contributed by atoms with Crippen LogP contribution in [0.2, 0.25) is 0 Å². The van der Waals surface area contributed by atoms with E-state index in [1.54, 1.807) is 4.90 Å². The van der Waals surface area contributed by atoms with E-state index in [0.717, 1.165) is 4.90 Å². The van der Waals surface area contributed by atoms with Crippen LogP contribution in [0.15, 0.2) is 0 Å². The van der Waals surface area contributed by atoms with E-state index in [1.165, 1.54) is 0 Å². The molecule has 2 saturated heterocycles. The van der Waals surface area contributed by atoms with Gasteiger partial charge in [-0.05, 0) is 26.7 Å². The predicted molar refractivity (Wildman–Crippen MR) is 82.2 cm³/mol. The normalized spacial score (nSPS) is 20.5. The molecule has 0 radical (unpaired) electrons. The molecule has 0 saturated carbocycles. The SMILES string of the molecule is CCN(CC)C(=O)CN1CCC2(CC1)NC(=O)N(CC#N)C2=O. The molecule has 8 heteroatoms. The monoisotopic (exact) mass is 321 g/mol. The van der Waals surface area contributed by atoms with E-state index >= 15 is 0 Å². The summed E-state index contributed by atoms with van der Waals surface area (Å²) in [7, 11) is 0. The molecule has 8 nitrogen and oxygen atoms in total. The van der Waals surface area contributed by atoms with Crippen LogP contribution >= 0.6 is 0 Å². The Hall–Kier alpha value is -2.14. The first-order valence-electron chi connectivity index (χ1n) is 7.98. The third-order valence-corrected chi connectivity index (χ3v) is 4.66. The number of rotatable bonds is 5. The molecule has 0 bridgehead atoms. The molecule has 1 N–H and O–H groups in total. The second-order valence-electron chi connectivity index (χ2n) is 5.90. The molecule has 0 aromatic heterocycles. The van der Waals surface area contributed by atoms with Crippen molar-refractivity contribution < 1.29 is 14.4 Å². The van der Waals surface area contributed by atoms with E-state index in [2.05, 4.69) is 5.32 Å². The van der Waals surface area contributed by atoms with Crippen molar-refractivity contribution in [1.29, 1.82) is 5.26 Å². The molecule has 0 aliphatic carbocycles. The number of nitriles is 1. The maximum atomic E-state index is 12.4. The van der Waals surface area contributed by atoms with Gasteiger partial charge in [0, 0.05) is 26.2 Å². The second kappa shape index (κ2) is 6.96. The smallest absolute Gasteiger partial charge is 0.325 e. The number of likely N-dealkylation sites (N-methyl/N-ethyl adjacent to an activating group) is 1. The van der Waals surface area contributed by atoms with Gasteiger partial charge in [-0.1, -0.05) is 0 Å². The maximum Gasteiger partial charge on any atom is 0.325 e. The molecule has 2 fully saturated rings. The summed E-state index contributed by atoms with van der Waals surface area (Å²) in [4.78, 5) is 41.2. The molecule has 2 aliphatic rings. The lowest BCUT2D eigenvalue weighted by Crippen LogP contribution is -2.56. The van der Waals surface area contributed by atoms with Gasteiger partial charge in [-0.25, -0.2) is 9.69 Å². The van der Waals surface area contributed by atoms with Gasteiger partial charge in [0.05, 0.1) is 12.6 Å². The van der Waals surface area contributed by atoms with Crippen LogP contribution in [0.4, 0.5) is 4.79 Å². The van der Waals surface area contributed by atoms with Gasteiger partial charge in [-0.2, -0.15) is 5.26 Å². The van der Waals surface area contributed by atoms with Crippen LogP contribution in [0.3, 0.4) is 0 Å². The van der Waals surface area contributed by atoms with Crippen LogP contribution < -0.4 is 5.32 Å². The Kier molecular flexibility index (Phi) is 5.21. The fourth-order valence-corrected chi connectivity index (χ4v) is 3.19. The summed E-state index contributed by atoms with van der Waals surface area (Å²) < 4.78 is 0. The summed E-state index contributed by atoms with van der Waals surface area (Å²) in [5, 5.41) is 11.5. The quantitative estimate of drug-likeness (QED) is 0.557. The van der Waals surface area contributed by atoms with Crippen molar-refractivity contribution in [2.75, 3.05) is 39.3 Å². The van der Waals surface area contributed by atoms with Crippen molar-refractivity contribution in [3.63, 3.8) is 0 Å². The summed E-state index contributed by atoms with van der Waals surface area (Å²) in [6, 6.07) is 1.34. The van der Waals surface area contributed by atoms with Gasteiger partial charge in [0.15, 0.2) is 0 Å². The summed E-state index contributed by atoms with van der Waals surface area (Å²) in [5.74, 6) is -0.238. The molecule has 4 amide bonds. The van der Waals surface area contributed by atoms with Crippen LogP contribution in [0.25, 0.3) is 0 Å². The highest BCUT2D eigenvalue weighted by molar-refractivity contribution is 6.07. The summed E-state index contributed by atoms with van der Waals surface area (Å²) in [6.45, 7) is 6.51. The highest BCUT2D eigenvalue weighted by Crippen LogP contribution is 2.29. The average molecular weight is 321 g/mol. The highest BCUT2D eigenvalue weighted by atomic mass is 16.2. The average Bonchev–Trinajstić information content (AvgIpc) is 2.76. The van der Waals surface area contributed by atoms with Gasteiger partial charge < -0.3 is 10.2 Å². The molecule has 0 aromatic carbocycles. The van der Waals surface area contributed by atoms with Gasteiger partial charge in [-0.15, -0.1) is 0 Å². The summed E-state index contributed by atoms with van der Waals surface area (Å²) in [6.07, 6.45) is 0.927. The van der Waals surface area contributed by atoms with E-state index in [4.69, 9.17) is 5.26 Å². The molecule has 126 valence electrons. The third-order valence-electron chi connectivity index (χ3n) is 4.66. The van der Waals surface area contributed by atoms with Gasteiger partial charge in [-0.3, -0.25) is 14.5 Å². The molecule has 1 spiro atoms. The van der Waals surface area contributed by atoms with Crippen molar-refractivity contribution in [3.8, 4) is 6.07 Å². The van der Waals surface area contributed by atoms with Crippen molar-refractivity contribution in [1.82, 2.24) is 20.0 Å². The van der Waals surface area contributed by atoms with Crippen LogP contribution in [0.5, 0.6) is 0 Å². The highest BCUT2D eigenvalue weighted by Gasteiger charge is 2.52. The lowest BCUT2D eigenvalue weighted by Gasteiger charge is -2.37. The number of hydrogen-bond donors (Lipinski definition) is 1. The van der Waals surface area contributed by atoms with E-state index in [0.29, 0.717) is 45.6 Å². The van der Waals surface area contributed by atoms with Gasteiger partial charge in [0.2, 0.25) is 5.91 Å². The minimum atomic E-state index is -0.900. The number of piperidine rings is 1. The number of imide groups is 1. The van der Waals surface area contributed by atoms with Crippen LogP contribution in [-0.4, -0.2) is 77.4 Å². The number of carbonyl (C=O) groups excluding carboxylic acids is 3. The van der Waals surface area contributed by atoms with Crippen molar-refractivity contribution in [2.45, 2.75) is 32.2 Å². The number of urea groups is 1. The van der Waals surface area contributed by atoms with Crippen LogP contribution in [0.1, 0.15) is 26.7 Å². The largest absolute Gasteiger partial charge is 0.342 e. The first kappa shape index (κ1) is 17.2. The Bertz CT molecular complexity index is 530. The number of amides is 4. The molecule has 2 rings (SSSR count). The maximum absolute atomic E-state index is 12.4. The number of likely N-dealkylation sites (tertiary alicyclic amines) is 1. The number of nitrogens with one attached hydrogen (secondary N) is 1. The lowest BCUT2D eigenvalue weighted by molar-refractivity contribution is -0.134.